The van der Waals surface area contributed by atoms with Crippen molar-refractivity contribution in [3.8, 4) is 5.75 Å². The van der Waals surface area contributed by atoms with E-state index in [0.29, 0.717) is 17.0 Å². The van der Waals surface area contributed by atoms with Gasteiger partial charge in [-0.3, -0.25) is 4.98 Å². The van der Waals surface area contributed by atoms with Crippen LogP contribution in [0.1, 0.15) is 35.5 Å². The van der Waals surface area contributed by atoms with Crippen molar-refractivity contribution >= 4 is 11.7 Å². The molecule has 0 atom stereocenters. The first-order valence-electron chi connectivity index (χ1n) is 6.93. The molecule has 2 heterocycles. The van der Waals surface area contributed by atoms with E-state index in [0.717, 1.165) is 11.3 Å². The number of nitrogens with zero attached hydrogens (tertiary/aromatic N) is 2. The summed E-state index contributed by atoms with van der Waals surface area (Å²) in [4.78, 5) is 20.7. The second-order valence-corrected chi connectivity index (χ2v) is 5.43. The molecular formula is C17H16N2O3. The lowest BCUT2D eigenvalue weighted by molar-refractivity contribution is 0.0600. The van der Waals surface area contributed by atoms with E-state index in [1.165, 1.54) is 7.11 Å². The third-order valence-corrected chi connectivity index (χ3v) is 3.30. The number of carbonyl (C=O) groups excluding carboxylic acids is 1. The summed E-state index contributed by atoms with van der Waals surface area (Å²) >= 11 is 0. The maximum absolute atomic E-state index is 11.8. The summed E-state index contributed by atoms with van der Waals surface area (Å²) in [6.07, 6.45) is 1.71. The number of aliphatic imine (C=N–C) groups is 1. The number of ether oxygens (including phenoxy) is 2. The average molecular weight is 296 g/mol. The second kappa shape index (κ2) is 5.26. The molecule has 0 N–H and O–H groups in total. The smallest absolute Gasteiger partial charge is 0.337 e. The Bertz CT molecular complexity index is 752. The molecule has 22 heavy (non-hydrogen) atoms. The molecule has 0 fully saturated rings. The van der Waals surface area contributed by atoms with Gasteiger partial charge in [0.05, 0.1) is 24.1 Å². The van der Waals surface area contributed by atoms with Crippen LogP contribution in [0.15, 0.2) is 47.6 Å². The van der Waals surface area contributed by atoms with E-state index in [1.54, 1.807) is 24.4 Å². The van der Waals surface area contributed by atoms with Gasteiger partial charge in [-0.15, -0.1) is 0 Å². The summed E-state index contributed by atoms with van der Waals surface area (Å²) in [6, 6.07) is 10.8. The number of methoxy groups -OCH3 is 1. The van der Waals surface area contributed by atoms with Crippen molar-refractivity contribution in [3.05, 3.63) is 59.4 Å². The third kappa shape index (κ3) is 2.57. The molecule has 0 amide bonds. The minimum absolute atomic E-state index is 0.395. The highest BCUT2D eigenvalue weighted by Crippen LogP contribution is 2.32. The number of hydrogen-bond acceptors (Lipinski definition) is 5. The van der Waals surface area contributed by atoms with Gasteiger partial charge in [-0.2, -0.15) is 0 Å². The fourth-order valence-corrected chi connectivity index (χ4v) is 2.37. The maximum Gasteiger partial charge on any atom is 0.337 e. The number of carbonyl (C=O) groups is 1. The van der Waals surface area contributed by atoms with Crippen LogP contribution >= 0.6 is 0 Å². The van der Waals surface area contributed by atoms with Crippen molar-refractivity contribution < 1.29 is 14.3 Å². The van der Waals surface area contributed by atoms with Crippen LogP contribution in [0.2, 0.25) is 0 Å². The molecule has 0 saturated carbocycles. The van der Waals surface area contributed by atoms with E-state index >= 15 is 0 Å². The first kappa shape index (κ1) is 14.3. The topological polar surface area (TPSA) is 60.8 Å². The monoisotopic (exact) mass is 296 g/mol. The summed E-state index contributed by atoms with van der Waals surface area (Å²) < 4.78 is 10.6. The zero-order valence-electron chi connectivity index (χ0n) is 12.7. The van der Waals surface area contributed by atoms with Crippen molar-refractivity contribution in [1.29, 1.82) is 0 Å². The number of fused-ring (bicyclic) bond motifs is 1. The second-order valence-electron chi connectivity index (χ2n) is 5.43. The van der Waals surface area contributed by atoms with Gasteiger partial charge < -0.3 is 9.47 Å². The van der Waals surface area contributed by atoms with Crippen molar-refractivity contribution in [1.82, 2.24) is 4.98 Å². The van der Waals surface area contributed by atoms with Crippen LogP contribution in [0.4, 0.5) is 0 Å². The molecule has 0 radical (unpaired) electrons. The first-order valence-corrected chi connectivity index (χ1v) is 6.93. The van der Waals surface area contributed by atoms with Crippen molar-refractivity contribution in [2.45, 2.75) is 19.6 Å². The Hall–Kier alpha value is -2.69. The van der Waals surface area contributed by atoms with Gasteiger partial charge in [0.2, 0.25) is 0 Å². The van der Waals surface area contributed by atoms with Crippen LogP contribution in [0.25, 0.3) is 0 Å². The minimum atomic E-state index is -0.688. The molecule has 112 valence electrons. The number of rotatable bonds is 2. The molecule has 0 spiro atoms. The SMILES string of the molecule is COC(=O)c1ccc2c(c1)C(c1ccccn1)=NC(C)(C)O2. The molecule has 5 heteroatoms. The van der Waals surface area contributed by atoms with Gasteiger partial charge in [-0.25, -0.2) is 9.79 Å². The molecule has 3 rings (SSSR count). The Kier molecular flexibility index (Phi) is 3.41. The van der Waals surface area contributed by atoms with E-state index in [2.05, 4.69) is 9.98 Å². The summed E-state index contributed by atoms with van der Waals surface area (Å²) in [7, 11) is 1.36. The van der Waals surface area contributed by atoms with E-state index in [9.17, 15) is 4.79 Å². The highest BCUT2D eigenvalue weighted by Gasteiger charge is 2.29. The predicted octanol–water partition coefficient (Wildman–Crippen LogP) is 2.83. The average Bonchev–Trinajstić information content (AvgIpc) is 2.53. The number of benzene rings is 1. The molecule has 0 saturated heterocycles. The fourth-order valence-electron chi connectivity index (χ4n) is 2.37. The largest absolute Gasteiger partial charge is 0.466 e. The number of esters is 1. The van der Waals surface area contributed by atoms with E-state index in [1.807, 2.05) is 32.0 Å². The molecule has 5 nitrogen and oxygen atoms in total. The van der Waals surface area contributed by atoms with Crippen LogP contribution in [0.5, 0.6) is 5.75 Å². The van der Waals surface area contributed by atoms with E-state index in [-0.39, 0.29) is 0 Å². The molecule has 1 aromatic carbocycles. The van der Waals surface area contributed by atoms with Gasteiger partial charge in [-0.1, -0.05) is 6.07 Å². The minimum Gasteiger partial charge on any atom is -0.466 e. The fraction of sp³-hybridized carbons (Fsp3) is 0.235. The Labute approximate surface area is 128 Å². The molecular weight excluding hydrogens is 280 g/mol. The van der Waals surface area contributed by atoms with Crippen LogP contribution in [0.3, 0.4) is 0 Å². The number of hydrogen-bond donors (Lipinski definition) is 0. The van der Waals surface area contributed by atoms with Gasteiger partial charge >= 0.3 is 5.97 Å². The molecule has 1 aromatic heterocycles. The molecule has 0 unspecified atom stereocenters. The van der Waals surface area contributed by atoms with Crippen LogP contribution in [-0.4, -0.2) is 29.5 Å². The highest BCUT2D eigenvalue weighted by atomic mass is 16.5. The Balaban J connectivity index is 2.17. The Morgan fingerprint density at radius 1 is 1.23 bits per heavy atom. The summed E-state index contributed by atoms with van der Waals surface area (Å²) in [5, 5.41) is 0. The molecule has 0 bridgehead atoms. The molecule has 2 aromatic rings. The summed E-state index contributed by atoms with van der Waals surface area (Å²) in [5.41, 5.74) is 1.95. The Morgan fingerprint density at radius 2 is 2.05 bits per heavy atom. The van der Waals surface area contributed by atoms with Crippen molar-refractivity contribution in [2.24, 2.45) is 4.99 Å². The first-order chi connectivity index (χ1) is 10.5. The zero-order valence-corrected chi connectivity index (χ0v) is 12.7. The zero-order chi connectivity index (χ0) is 15.7. The lowest BCUT2D eigenvalue weighted by Crippen LogP contribution is -2.32. The van der Waals surface area contributed by atoms with Gasteiger partial charge in [0, 0.05) is 11.8 Å². The lowest BCUT2D eigenvalue weighted by Gasteiger charge is -2.30. The number of pyridine rings is 1. The van der Waals surface area contributed by atoms with Gasteiger partial charge in [0.1, 0.15) is 5.75 Å². The lowest BCUT2D eigenvalue weighted by atomic mass is 10.00. The highest BCUT2D eigenvalue weighted by molar-refractivity contribution is 6.14. The predicted molar refractivity (Wildman–Crippen MR) is 82.4 cm³/mol. The Morgan fingerprint density at radius 3 is 2.73 bits per heavy atom. The van der Waals surface area contributed by atoms with E-state index < -0.39 is 11.7 Å². The maximum atomic E-state index is 11.8. The van der Waals surface area contributed by atoms with Crippen LogP contribution in [0, 0.1) is 0 Å². The quantitative estimate of drug-likeness (QED) is 0.800. The van der Waals surface area contributed by atoms with Crippen LogP contribution < -0.4 is 4.74 Å². The van der Waals surface area contributed by atoms with Crippen molar-refractivity contribution in [2.75, 3.05) is 7.11 Å². The number of aromatic nitrogens is 1. The molecule has 1 aliphatic rings. The summed E-state index contributed by atoms with van der Waals surface area (Å²) in [5.74, 6) is 0.279. The third-order valence-electron chi connectivity index (χ3n) is 3.30. The van der Waals surface area contributed by atoms with Gasteiger partial charge in [0.25, 0.3) is 0 Å². The van der Waals surface area contributed by atoms with Crippen LogP contribution in [-0.2, 0) is 4.74 Å². The standard InChI is InChI=1S/C17H16N2O3/c1-17(2)19-15(13-6-4-5-9-18-13)12-10-11(16(20)21-3)7-8-14(12)22-17/h4-10H,1-3H3. The molecule has 1 aliphatic heterocycles. The van der Waals surface area contributed by atoms with E-state index in [4.69, 9.17) is 9.47 Å². The normalized spacial score (nSPS) is 15.3. The summed E-state index contributed by atoms with van der Waals surface area (Å²) in [6.45, 7) is 3.76. The van der Waals surface area contributed by atoms with Gasteiger partial charge in [0.15, 0.2) is 5.72 Å². The van der Waals surface area contributed by atoms with Crippen molar-refractivity contribution in [3.63, 3.8) is 0 Å². The van der Waals surface area contributed by atoms with Gasteiger partial charge in [-0.05, 0) is 44.2 Å². The molecule has 0 aliphatic carbocycles.